The monoisotopic (exact) mass is 607 g/mol. The summed E-state index contributed by atoms with van der Waals surface area (Å²) in [6.45, 7) is 3.83. The molecule has 7 nitrogen and oxygen atoms in total. The Morgan fingerprint density at radius 1 is 0.881 bits per heavy atom. The van der Waals surface area contributed by atoms with Crippen molar-refractivity contribution in [2.24, 2.45) is 0 Å². The highest BCUT2D eigenvalue weighted by Crippen LogP contribution is 2.29. The van der Waals surface area contributed by atoms with Crippen molar-refractivity contribution >= 4 is 38.9 Å². The number of aryl methyl sites for hydroxylation is 1. The summed E-state index contributed by atoms with van der Waals surface area (Å²) in [6, 6.07) is 27.0. The van der Waals surface area contributed by atoms with E-state index >= 15 is 0 Å². The van der Waals surface area contributed by atoms with Crippen molar-refractivity contribution in [2.75, 3.05) is 42.0 Å². The zero-order valence-electron chi connectivity index (χ0n) is 23.1. The smallest absolute Gasteiger partial charge is 0.264 e. The molecule has 1 aliphatic heterocycles. The van der Waals surface area contributed by atoms with E-state index in [-0.39, 0.29) is 29.8 Å². The molecule has 0 aromatic heterocycles. The molecule has 10 heteroatoms. The minimum Gasteiger partial charge on any atom is -0.484 e. The first-order valence-electron chi connectivity index (χ1n) is 13.5. The van der Waals surface area contributed by atoms with Crippen molar-refractivity contribution in [1.82, 2.24) is 4.90 Å². The van der Waals surface area contributed by atoms with Crippen molar-refractivity contribution in [2.45, 2.75) is 18.4 Å². The normalized spacial score (nSPS) is 13.6. The van der Waals surface area contributed by atoms with Gasteiger partial charge in [-0.2, -0.15) is 0 Å². The van der Waals surface area contributed by atoms with Gasteiger partial charge >= 0.3 is 0 Å². The molecule has 0 unspecified atom stereocenters. The van der Waals surface area contributed by atoms with Gasteiger partial charge in [0.25, 0.3) is 15.9 Å². The lowest BCUT2D eigenvalue weighted by molar-refractivity contribution is -0.133. The Labute approximate surface area is 250 Å². The van der Waals surface area contributed by atoms with E-state index in [9.17, 15) is 17.6 Å². The van der Waals surface area contributed by atoms with Gasteiger partial charge in [0.15, 0.2) is 6.61 Å². The van der Waals surface area contributed by atoms with E-state index in [2.05, 4.69) is 0 Å². The number of rotatable bonds is 9. The maximum absolute atomic E-state index is 14.1. The molecule has 1 aliphatic rings. The first kappa shape index (κ1) is 29.4. The summed E-state index contributed by atoms with van der Waals surface area (Å²) in [5.74, 6) is -0.00250. The first-order valence-corrected chi connectivity index (χ1v) is 15.4. The molecule has 218 valence electrons. The van der Waals surface area contributed by atoms with E-state index in [0.717, 1.165) is 11.1 Å². The Balaban J connectivity index is 1.25. The number of halogens is 2. The number of amides is 1. The quantitative estimate of drug-likeness (QED) is 0.237. The predicted molar refractivity (Wildman–Crippen MR) is 163 cm³/mol. The predicted octanol–water partition coefficient (Wildman–Crippen LogP) is 5.91. The summed E-state index contributed by atoms with van der Waals surface area (Å²) in [4.78, 5) is 16.6. The highest BCUT2D eigenvalue weighted by molar-refractivity contribution is 7.92. The molecule has 0 bridgehead atoms. The molecular weight excluding hydrogens is 577 g/mol. The van der Waals surface area contributed by atoms with Crippen LogP contribution in [0.25, 0.3) is 0 Å². The van der Waals surface area contributed by atoms with Crippen LogP contribution in [0, 0.1) is 12.7 Å². The number of hydrogen-bond acceptors (Lipinski definition) is 5. The van der Waals surface area contributed by atoms with Gasteiger partial charge in [0.05, 0.1) is 22.8 Å². The molecule has 1 amide bonds. The summed E-state index contributed by atoms with van der Waals surface area (Å²) in [7, 11) is -3.89. The molecular formula is C32H31ClFN3O4S. The van der Waals surface area contributed by atoms with Gasteiger partial charge in [-0.15, -0.1) is 0 Å². The summed E-state index contributed by atoms with van der Waals surface area (Å²) < 4.78 is 48.6. The largest absolute Gasteiger partial charge is 0.484 e. The molecule has 42 heavy (non-hydrogen) atoms. The Hall–Kier alpha value is -4.08. The van der Waals surface area contributed by atoms with Crippen LogP contribution in [0.4, 0.5) is 15.8 Å². The molecule has 0 saturated carbocycles. The summed E-state index contributed by atoms with van der Waals surface area (Å²) >= 11 is 6.03. The minimum atomic E-state index is -3.89. The molecule has 1 fully saturated rings. The zero-order chi connectivity index (χ0) is 29.7. The van der Waals surface area contributed by atoms with Gasteiger partial charge in [-0.3, -0.25) is 9.10 Å². The maximum Gasteiger partial charge on any atom is 0.264 e. The topological polar surface area (TPSA) is 70.2 Å². The van der Waals surface area contributed by atoms with Crippen molar-refractivity contribution in [3.8, 4) is 5.75 Å². The molecule has 0 radical (unpaired) electrons. The van der Waals surface area contributed by atoms with Gasteiger partial charge < -0.3 is 14.5 Å². The van der Waals surface area contributed by atoms with Crippen LogP contribution in [-0.2, 0) is 21.4 Å². The molecule has 4 aromatic carbocycles. The highest BCUT2D eigenvalue weighted by Gasteiger charge is 2.26. The van der Waals surface area contributed by atoms with Gasteiger partial charge in [0.1, 0.15) is 11.6 Å². The number of hydrogen-bond donors (Lipinski definition) is 0. The number of carbonyl (C=O) groups excluding carboxylic acids is 1. The second kappa shape index (κ2) is 12.8. The summed E-state index contributed by atoms with van der Waals surface area (Å²) in [6.07, 6.45) is 0. The number of ether oxygens (including phenoxy) is 1. The van der Waals surface area contributed by atoms with E-state index in [4.69, 9.17) is 16.3 Å². The lowest BCUT2D eigenvalue weighted by Gasteiger charge is -2.36. The third kappa shape index (κ3) is 6.86. The Bertz CT molecular complexity index is 1620. The van der Waals surface area contributed by atoms with Crippen LogP contribution >= 0.6 is 11.6 Å². The first-order chi connectivity index (χ1) is 20.2. The third-order valence-corrected chi connectivity index (χ3v) is 9.20. The van der Waals surface area contributed by atoms with Crippen molar-refractivity contribution in [3.05, 3.63) is 119 Å². The fourth-order valence-corrected chi connectivity index (χ4v) is 6.34. The van der Waals surface area contributed by atoms with Crippen LogP contribution in [0.2, 0.25) is 5.02 Å². The fourth-order valence-electron chi connectivity index (χ4n) is 4.76. The van der Waals surface area contributed by atoms with Gasteiger partial charge in [-0.05, 0) is 73.2 Å². The number of benzene rings is 4. The number of para-hydroxylation sites is 1. The summed E-state index contributed by atoms with van der Waals surface area (Å²) in [5, 5.41) is 0.565. The molecule has 1 saturated heterocycles. The second-order valence-electron chi connectivity index (χ2n) is 10.1. The van der Waals surface area contributed by atoms with Gasteiger partial charge in [0, 0.05) is 31.2 Å². The van der Waals surface area contributed by atoms with Crippen LogP contribution < -0.4 is 13.9 Å². The van der Waals surface area contributed by atoms with Crippen molar-refractivity contribution < 1.29 is 22.3 Å². The van der Waals surface area contributed by atoms with E-state index in [1.165, 1.54) is 10.4 Å². The van der Waals surface area contributed by atoms with Crippen LogP contribution in [0.1, 0.15) is 11.1 Å². The highest BCUT2D eigenvalue weighted by atomic mass is 35.5. The Morgan fingerprint density at radius 3 is 2.17 bits per heavy atom. The molecule has 0 aliphatic carbocycles. The van der Waals surface area contributed by atoms with E-state index in [1.54, 1.807) is 95.9 Å². The lowest BCUT2D eigenvalue weighted by Crippen LogP contribution is -2.50. The van der Waals surface area contributed by atoms with Gasteiger partial charge in [-0.25, -0.2) is 12.8 Å². The van der Waals surface area contributed by atoms with Gasteiger partial charge in [-0.1, -0.05) is 53.6 Å². The van der Waals surface area contributed by atoms with Crippen LogP contribution in [0.15, 0.2) is 102 Å². The zero-order valence-corrected chi connectivity index (χ0v) is 24.7. The van der Waals surface area contributed by atoms with Crippen molar-refractivity contribution in [1.29, 1.82) is 0 Å². The van der Waals surface area contributed by atoms with Gasteiger partial charge in [0.2, 0.25) is 0 Å². The third-order valence-electron chi connectivity index (χ3n) is 7.16. The lowest BCUT2D eigenvalue weighted by atomic mass is 10.2. The number of nitrogens with zero attached hydrogens (tertiary/aromatic N) is 3. The van der Waals surface area contributed by atoms with E-state index in [0.29, 0.717) is 48.3 Å². The molecule has 0 spiro atoms. The maximum atomic E-state index is 14.1. The number of carbonyl (C=O) groups is 1. The van der Waals surface area contributed by atoms with Crippen LogP contribution in [0.3, 0.4) is 0 Å². The number of anilines is 2. The fraction of sp³-hybridized carbons (Fsp3) is 0.219. The molecule has 1 heterocycles. The van der Waals surface area contributed by atoms with E-state index in [1.807, 2.05) is 11.8 Å². The average Bonchev–Trinajstić information content (AvgIpc) is 3.00. The summed E-state index contributed by atoms with van der Waals surface area (Å²) in [5.41, 5.74) is 2.72. The number of piperazine rings is 1. The molecule has 4 aromatic rings. The Morgan fingerprint density at radius 2 is 1.52 bits per heavy atom. The van der Waals surface area contributed by atoms with Crippen LogP contribution in [-0.4, -0.2) is 52.0 Å². The number of sulfonamides is 1. The average molecular weight is 608 g/mol. The SMILES string of the molecule is Cc1ccc(S(=O)(=O)N(Cc2ccc(Cl)cc2)c2ccc(OCC(=O)N3CCN(c4ccccc4F)CC3)cc2)cc1. The van der Waals surface area contributed by atoms with E-state index < -0.39 is 10.0 Å². The minimum absolute atomic E-state index is 0.102. The van der Waals surface area contributed by atoms with Crippen molar-refractivity contribution in [3.63, 3.8) is 0 Å². The van der Waals surface area contributed by atoms with Crippen LogP contribution in [0.5, 0.6) is 5.75 Å². The molecule has 5 rings (SSSR count). The standard InChI is InChI=1S/C32H31ClFN3O4S/c1-24-6-16-29(17-7-24)42(39,40)37(22-25-8-10-26(33)11-9-25)27-12-14-28(15-13-27)41-23-32(38)36-20-18-35(19-21-36)31-5-3-2-4-30(31)34/h2-17H,18-23H2,1H3. The molecule has 0 N–H and O–H groups in total. The molecule has 0 atom stereocenters. The Kier molecular flexibility index (Phi) is 8.99. The second-order valence-corrected chi connectivity index (χ2v) is 12.4.